The molecule has 0 aliphatic heterocycles. The Labute approximate surface area is 100 Å². The minimum Gasteiger partial charge on any atom is -0.385 e. The number of methoxy groups -OCH3 is 1. The minimum atomic E-state index is 0.942. The molecule has 16 heavy (non-hydrogen) atoms. The topological polar surface area (TPSA) is 9.23 Å². The fraction of sp³-hybridized carbons (Fsp3) is 0.867. The van der Waals surface area contributed by atoms with E-state index in [1.54, 1.807) is 7.11 Å². The molecule has 1 fully saturated rings. The number of hydrogen-bond acceptors (Lipinski definition) is 1. The van der Waals surface area contributed by atoms with Gasteiger partial charge < -0.3 is 4.74 Å². The molecule has 0 amide bonds. The molecule has 0 radical (unpaired) electrons. The highest BCUT2D eigenvalue weighted by atomic mass is 16.5. The fourth-order valence-corrected chi connectivity index (χ4v) is 3.41. The molecule has 2 bridgehead atoms. The molecule has 0 saturated heterocycles. The third kappa shape index (κ3) is 3.35. The molecule has 0 aromatic heterocycles. The van der Waals surface area contributed by atoms with Crippen LogP contribution in [0.5, 0.6) is 0 Å². The summed E-state index contributed by atoms with van der Waals surface area (Å²) in [7, 11) is 1.79. The van der Waals surface area contributed by atoms with Crippen molar-refractivity contribution in [3.63, 3.8) is 0 Å². The minimum absolute atomic E-state index is 0.942. The van der Waals surface area contributed by atoms with Crippen molar-refractivity contribution in [2.75, 3.05) is 13.7 Å². The van der Waals surface area contributed by atoms with Crippen molar-refractivity contribution < 1.29 is 4.74 Å². The Balaban J connectivity index is 1.45. The average Bonchev–Trinajstić information content (AvgIpc) is 2.90. The Morgan fingerprint density at radius 1 is 1.00 bits per heavy atom. The highest BCUT2D eigenvalue weighted by molar-refractivity contribution is 5.09. The molecule has 0 aromatic carbocycles. The lowest BCUT2D eigenvalue weighted by molar-refractivity contribution is 0.191. The van der Waals surface area contributed by atoms with E-state index < -0.39 is 0 Å². The molecule has 92 valence electrons. The molecule has 2 aliphatic rings. The number of ether oxygens (including phenoxy) is 1. The lowest BCUT2D eigenvalue weighted by atomic mass is 9.88. The summed E-state index contributed by atoms with van der Waals surface area (Å²) in [6.45, 7) is 0.942. The largest absolute Gasteiger partial charge is 0.385 e. The van der Waals surface area contributed by atoms with Gasteiger partial charge in [-0.25, -0.2) is 0 Å². The van der Waals surface area contributed by atoms with Crippen molar-refractivity contribution in [2.45, 2.75) is 51.4 Å². The first-order chi connectivity index (χ1) is 7.90. The standard InChI is InChI=1S/C15H26O/c1-16-10-6-4-2-3-5-7-14-11-13-8-9-15(14)12-13/h8-9,13-15H,2-7,10-12H2,1H3. The second-order valence-electron chi connectivity index (χ2n) is 5.59. The second kappa shape index (κ2) is 6.44. The van der Waals surface area contributed by atoms with Gasteiger partial charge in [-0.2, -0.15) is 0 Å². The quantitative estimate of drug-likeness (QED) is 0.442. The van der Waals surface area contributed by atoms with Crippen LogP contribution in [0.15, 0.2) is 12.2 Å². The van der Waals surface area contributed by atoms with E-state index in [2.05, 4.69) is 12.2 Å². The van der Waals surface area contributed by atoms with E-state index in [1.165, 1.54) is 51.4 Å². The van der Waals surface area contributed by atoms with E-state index in [0.29, 0.717) is 0 Å². The van der Waals surface area contributed by atoms with E-state index >= 15 is 0 Å². The molecule has 1 saturated carbocycles. The van der Waals surface area contributed by atoms with E-state index in [4.69, 9.17) is 4.74 Å². The summed E-state index contributed by atoms with van der Waals surface area (Å²) in [6, 6.07) is 0. The zero-order valence-corrected chi connectivity index (χ0v) is 10.7. The number of rotatable bonds is 8. The van der Waals surface area contributed by atoms with Crippen LogP contribution >= 0.6 is 0 Å². The number of hydrogen-bond donors (Lipinski definition) is 0. The maximum atomic E-state index is 5.06. The van der Waals surface area contributed by atoms with Crippen molar-refractivity contribution in [3.8, 4) is 0 Å². The van der Waals surface area contributed by atoms with Crippen LogP contribution < -0.4 is 0 Å². The highest BCUT2D eigenvalue weighted by Gasteiger charge is 2.34. The van der Waals surface area contributed by atoms with Crippen LogP contribution in [0, 0.1) is 17.8 Å². The van der Waals surface area contributed by atoms with Crippen LogP contribution in [0.3, 0.4) is 0 Å². The second-order valence-corrected chi connectivity index (χ2v) is 5.59. The van der Waals surface area contributed by atoms with Gasteiger partial charge in [-0.3, -0.25) is 0 Å². The third-order valence-corrected chi connectivity index (χ3v) is 4.34. The van der Waals surface area contributed by atoms with Crippen LogP contribution in [0.25, 0.3) is 0 Å². The van der Waals surface area contributed by atoms with Crippen molar-refractivity contribution in [3.05, 3.63) is 12.2 Å². The maximum absolute atomic E-state index is 5.06. The summed E-state index contributed by atoms with van der Waals surface area (Å²) in [4.78, 5) is 0. The predicted octanol–water partition coefficient (Wildman–Crippen LogP) is 4.19. The third-order valence-electron chi connectivity index (χ3n) is 4.34. The van der Waals surface area contributed by atoms with Gasteiger partial charge in [-0.1, -0.05) is 37.8 Å². The predicted molar refractivity (Wildman–Crippen MR) is 68.4 cm³/mol. The Hall–Kier alpha value is -0.300. The zero-order chi connectivity index (χ0) is 11.2. The summed E-state index contributed by atoms with van der Waals surface area (Å²) < 4.78 is 5.06. The summed E-state index contributed by atoms with van der Waals surface area (Å²) in [5.41, 5.74) is 0. The zero-order valence-electron chi connectivity index (χ0n) is 10.7. The molecule has 0 heterocycles. The molecule has 2 aliphatic carbocycles. The molecule has 0 aromatic rings. The van der Waals surface area contributed by atoms with Gasteiger partial charge in [0.25, 0.3) is 0 Å². The summed E-state index contributed by atoms with van der Waals surface area (Å²) in [6.07, 6.45) is 16.3. The number of unbranched alkanes of at least 4 members (excludes halogenated alkanes) is 4. The molecule has 0 spiro atoms. The maximum Gasteiger partial charge on any atom is 0.0462 e. The summed E-state index contributed by atoms with van der Waals surface area (Å²) in [5.74, 6) is 2.95. The smallest absolute Gasteiger partial charge is 0.0462 e. The molecular formula is C15H26O. The number of fused-ring (bicyclic) bond motifs is 2. The van der Waals surface area contributed by atoms with E-state index in [1.807, 2.05) is 0 Å². The Morgan fingerprint density at radius 3 is 2.50 bits per heavy atom. The molecule has 3 unspecified atom stereocenters. The summed E-state index contributed by atoms with van der Waals surface area (Å²) >= 11 is 0. The van der Waals surface area contributed by atoms with Crippen LogP contribution in [-0.4, -0.2) is 13.7 Å². The van der Waals surface area contributed by atoms with E-state index in [0.717, 1.165) is 24.4 Å². The SMILES string of the molecule is COCCCCCCCC1CC2C=CC1C2. The first kappa shape index (κ1) is 12.2. The van der Waals surface area contributed by atoms with E-state index in [-0.39, 0.29) is 0 Å². The van der Waals surface area contributed by atoms with Crippen LogP contribution in [0.4, 0.5) is 0 Å². The van der Waals surface area contributed by atoms with Crippen molar-refractivity contribution >= 4 is 0 Å². The highest BCUT2D eigenvalue weighted by Crippen LogP contribution is 2.45. The van der Waals surface area contributed by atoms with Crippen molar-refractivity contribution in [2.24, 2.45) is 17.8 Å². The molecule has 2 rings (SSSR count). The van der Waals surface area contributed by atoms with Crippen LogP contribution in [-0.2, 0) is 4.74 Å². The van der Waals surface area contributed by atoms with Gasteiger partial charge in [0.1, 0.15) is 0 Å². The van der Waals surface area contributed by atoms with Gasteiger partial charge in [0, 0.05) is 13.7 Å². The van der Waals surface area contributed by atoms with Crippen molar-refractivity contribution in [1.82, 2.24) is 0 Å². The number of allylic oxidation sites excluding steroid dienone is 2. The first-order valence-corrected chi connectivity index (χ1v) is 7.07. The monoisotopic (exact) mass is 222 g/mol. The van der Waals surface area contributed by atoms with Gasteiger partial charge in [-0.15, -0.1) is 0 Å². The molecule has 1 heteroatoms. The van der Waals surface area contributed by atoms with Crippen LogP contribution in [0.2, 0.25) is 0 Å². The van der Waals surface area contributed by atoms with Gasteiger partial charge >= 0.3 is 0 Å². The lowest BCUT2D eigenvalue weighted by Gasteiger charge is -2.17. The Bertz CT molecular complexity index is 221. The Kier molecular flexibility index (Phi) is 4.90. The fourth-order valence-electron chi connectivity index (χ4n) is 3.41. The van der Waals surface area contributed by atoms with Crippen LogP contribution in [0.1, 0.15) is 51.4 Å². The van der Waals surface area contributed by atoms with Crippen molar-refractivity contribution in [1.29, 1.82) is 0 Å². The van der Waals surface area contributed by atoms with Gasteiger partial charge in [0.15, 0.2) is 0 Å². The Morgan fingerprint density at radius 2 is 1.81 bits per heavy atom. The normalized spacial score (nSPS) is 31.4. The lowest BCUT2D eigenvalue weighted by Crippen LogP contribution is -2.06. The first-order valence-electron chi connectivity index (χ1n) is 7.07. The molecular weight excluding hydrogens is 196 g/mol. The molecule has 1 nitrogen and oxygen atoms in total. The summed E-state index contributed by atoms with van der Waals surface area (Å²) in [5, 5.41) is 0. The van der Waals surface area contributed by atoms with E-state index in [9.17, 15) is 0 Å². The van der Waals surface area contributed by atoms with Gasteiger partial charge in [0.05, 0.1) is 0 Å². The average molecular weight is 222 g/mol. The van der Waals surface area contributed by atoms with Gasteiger partial charge in [0.2, 0.25) is 0 Å². The molecule has 0 N–H and O–H groups in total. The van der Waals surface area contributed by atoms with Gasteiger partial charge in [-0.05, 0) is 43.4 Å². The molecule has 3 atom stereocenters.